The molecular weight excluding hydrogens is 290 g/mol. The molecule has 0 N–H and O–H groups in total. The van der Waals surface area contributed by atoms with E-state index in [-0.39, 0.29) is 12.3 Å². The molecule has 0 aliphatic carbocycles. The Morgan fingerprint density at radius 1 is 0.957 bits per heavy atom. The summed E-state index contributed by atoms with van der Waals surface area (Å²) in [6, 6.07) is 18.7. The van der Waals surface area contributed by atoms with Crippen LogP contribution >= 0.6 is 0 Å². The van der Waals surface area contributed by atoms with E-state index in [9.17, 15) is 0 Å². The van der Waals surface area contributed by atoms with Crippen LogP contribution < -0.4 is 9.64 Å². The summed E-state index contributed by atoms with van der Waals surface area (Å²) in [4.78, 5) is 2.31. The molecule has 0 spiro atoms. The van der Waals surface area contributed by atoms with Crippen molar-refractivity contribution in [1.82, 2.24) is 0 Å². The summed E-state index contributed by atoms with van der Waals surface area (Å²) in [6.45, 7) is 2.21. The largest absolute Gasteiger partial charge is 0.497 e. The number of anilines is 1. The molecule has 2 aromatic carbocycles. The summed E-state index contributed by atoms with van der Waals surface area (Å²) in [5.41, 5.74) is 2.45. The number of hydrogen-bond acceptors (Lipinski definition) is 4. The third-order valence-electron chi connectivity index (χ3n) is 4.69. The molecule has 2 aliphatic rings. The minimum absolute atomic E-state index is 0.0256. The van der Waals surface area contributed by atoms with Crippen LogP contribution in [-0.2, 0) is 9.47 Å². The number of methoxy groups -OCH3 is 1. The normalized spacial score (nSPS) is 26.8. The molecule has 23 heavy (non-hydrogen) atoms. The summed E-state index contributed by atoms with van der Waals surface area (Å²) >= 11 is 0. The smallest absolute Gasteiger partial charge is 0.157 e. The van der Waals surface area contributed by atoms with Crippen LogP contribution in [0.25, 0.3) is 0 Å². The van der Waals surface area contributed by atoms with Gasteiger partial charge in [0.05, 0.1) is 20.3 Å². The molecule has 120 valence electrons. The molecule has 0 unspecified atom stereocenters. The van der Waals surface area contributed by atoms with Gasteiger partial charge in [0.2, 0.25) is 0 Å². The van der Waals surface area contributed by atoms with Crippen molar-refractivity contribution in [2.75, 3.05) is 31.8 Å². The van der Waals surface area contributed by atoms with Gasteiger partial charge in [0, 0.05) is 18.2 Å². The number of fused-ring (bicyclic) bond motifs is 1. The third-order valence-corrected chi connectivity index (χ3v) is 4.69. The molecule has 4 heteroatoms. The highest BCUT2D eigenvalue weighted by Crippen LogP contribution is 2.39. The molecule has 2 aliphatic heterocycles. The lowest BCUT2D eigenvalue weighted by atomic mass is 9.95. The maximum Gasteiger partial charge on any atom is 0.157 e. The lowest BCUT2D eigenvalue weighted by Crippen LogP contribution is -2.44. The van der Waals surface area contributed by atoms with Crippen LogP contribution in [0.3, 0.4) is 0 Å². The van der Waals surface area contributed by atoms with Gasteiger partial charge in [-0.1, -0.05) is 30.3 Å². The van der Waals surface area contributed by atoms with Gasteiger partial charge < -0.3 is 19.1 Å². The van der Waals surface area contributed by atoms with Crippen molar-refractivity contribution in [2.45, 2.75) is 18.2 Å². The van der Waals surface area contributed by atoms with Crippen molar-refractivity contribution in [3.8, 4) is 5.75 Å². The topological polar surface area (TPSA) is 30.9 Å². The molecule has 2 fully saturated rings. The van der Waals surface area contributed by atoms with Crippen LogP contribution in [0.2, 0.25) is 0 Å². The van der Waals surface area contributed by atoms with Gasteiger partial charge in [-0.25, -0.2) is 0 Å². The first kappa shape index (κ1) is 14.5. The van der Waals surface area contributed by atoms with Gasteiger partial charge in [-0.15, -0.1) is 0 Å². The van der Waals surface area contributed by atoms with E-state index in [4.69, 9.17) is 14.2 Å². The van der Waals surface area contributed by atoms with Crippen LogP contribution in [0.15, 0.2) is 54.6 Å². The first-order chi connectivity index (χ1) is 11.4. The Morgan fingerprint density at radius 2 is 1.70 bits per heavy atom. The second-order valence-corrected chi connectivity index (χ2v) is 5.96. The highest BCUT2D eigenvalue weighted by atomic mass is 16.6. The lowest BCUT2D eigenvalue weighted by molar-refractivity contribution is -0.128. The number of nitrogens with zero attached hydrogens (tertiary/aromatic N) is 1. The monoisotopic (exact) mass is 311 g/mol. The first-order valence-corrected chi connectivity index (χ1v) is 8.05. The Bertz CT molecular complexity index is 643. The van der Waals surface area contributed by atoms with Crippen LogP contribution in [-0.4, -0.2) is 39.2 Å². The van der Waals surface area contributed by atoms with Gasteiger partial charge >= 0.3 is 0 Å². The summed E-state index contributed by atoms with van der Waals surface area (Å²) in [7, 11) is 1.68. The van der Waals surface area contributed by atoms with Crippen molar-refractivity contribution >= 4 is 5.69 Å². The molecule has 2 aromatic rings. The summed E-state index contributed by atoms with van der Waals surface area (Å²) in [6.07, 6.45) is 0.0515. The molecular formula is C19H21NO3. The second kappa shape index (κ2) is 6.22. The SMILES string of the molecule is COc1ccc(N2C[C@@H](c3ccccc3)[C@@H]3OCCO[C@@H]32)cc1. The molecule has 0 aromatic heterocycles. The lowest BCUT2D eigenvalue weighted by Gasteiger charge is -2.33. The second-order valence-electron chi connectivity index (χ2n) is 5.96. The van der Waals surface area contributed by atoms with E-state index in [2.05, 4.69) is 47.4 Å². The van der Waals surface area contributed by atoms with Crippen LogP contribution in [0.1, 0.15) is 11.5 Å². The maximum atomic E-state index is 6.07. The Balaban J connectivity index is 1.64. The minimum atomic E-state index is -0.0256. The molecule has 4 rings (SSSR count). The van der Waals surface area contributed by atoms with Gasteiger partial charge in [0.15, 0.2) is 6.23 Å². The standard InChI is InChI=1S/C19H21NO3/c1-21-16-9-7-15(8-10-16)20-13-17(14-5-3-2-4-6-14)18-19(20)23-12-11-22-18/h2-10,17-19H,11-13H2,1H3/t17-,18-,19-/m0/s1. The number of ether oxygens (including phenoxy) is 3. The average Bonchev–Trinajstić information content (AvgIpc) is 3.02. The maximum absolute atomic E-state index is 6.07. The predicted octanol–water partition coefficient (Wildman–Crippen LogP) is 3.04. The highest BCUT2D eigenvalue weighted by molar-refractivity contribution is 5.52. The molecule has 2 heterocycles. The van der Waals surface area contributed by atoms with Crippen LogP contribution in [0, 0.1) is 0 Å². The Kier molecular flexibility index (Phi) is 3.93. The zero-order chi connectivity index (χ0) is 15.6. The van der Waals surface area contributed by atoms with Crippen molar-refractivity contribution in [1.29, 1.82) is 0 Å². The van der Waals surface area contributed by atoms with Crippen molar-refractivity contribution < 1.29 is 14.2 Å². The van der Waals surface area contributed by atoms with E-state index in [0.717, 1.165) is 18.0 Å². The fourth-order valence-electron chi connectivity index (χ4n) is 3.55. The van der Waals surface area contributed by atoms with Gasteiger partial charge in [0.25, 0.3) is 0 Å². The molecule has 0 radical (unpaired) electrons. The minimum Gasteiger partial charge on any atom is -0.497 e. The van der Waals surface area contributed by atoms with E-state index in [1.807, 2.05) is 12.1 Å². The van der Waals surface area contributed by atoms with Crippen molar-refractivity contribution in [2.24, 2.45) is 0 Å². The van der Waals surface area contributed by atoms with Crippen LogP contribution in [0.4, 0.5) is 5.69 Å². The van der Waals surface area contributed by atoms with Gasteiger partial charge in [0.1, 0.15) is 11.9 Å². The Labute approximate surface area is 136 Å². The number of benzene rings is 2. The van der Waals surface area contributed by atoms with E-state index in [1.165, 1.54) is 5.56 Å². The van der Waals surface area contributed by atoms with Crippen molar-refractivity contribution in [3.05, 3.63) is 60.2 Å². The molecule has 0 saturated carbocycles. The van der Waals surface area contributed by atoms with E-state index < -0.39 is 0 Å². The molecule has 2 saturated heterocycles. The summed E-state index contributed by atoms with van der Waals surface area (Å²) < 4.78 is 17.4. The highest BCUT2D eigenvalue weighted by Gasteiger charge is 2.45. The van der Waals surface area contributed by atoms with Gasteiger partial charge in [-0.3, -0.25) is 0 Å². The fraction of sp³-hybridized carbons (Fsp3) is 0.368. The average molecular weight is 311 g/mol. The molecule has 4 nitrogen and oxygen atoms in total. The van der Waals surface area contributed by atoms with Gasteiger partial charge in [-0.05, 0) is 29.8 Å². The number of rotatable bonds is 3. The van der Waals surface area contributed by atoms with Crippen LogP contribution in [0.5, 0.6) is 5.75 Å². The molecule has 3 atom stereocenters. The Hall–Kier alpha value is -2.04. The third kappa shape index (κ3) is 2.69. The van der Waals surface area contributed by atoms with E-state index in [0.29, 0.717) is 19.1 Å². The van der Waals surface area contributed by atoms with E-state index in [1.54, 1.807) is 7.11 Å². The molecule has 0 amide bonds. The first-order valence-electron chi connectivity index (χ1n) is 8.05. The summed E-state index contributed by atoms with van der Waals surface area (Å²) in [5.74, 6) is 1.19. The fourth-order valence-corrected chi connectivity index (χ4v) is 3.55. The zero-order valence-corrected chi connectivity index (χ0v) is 13.2. The summed E-state index contributed by atoms with van der Waals surface area (Å²) in [5, 5.41) is 0. The predicted molar refractivity (Wildman–Crippen MR) is 89.0 cm³/mol. The molecule has 0 bridgehead atoms. The quantitative estimate of drug-likeness (QED) is 0.872. The number of hydrogen-bond donors (Lipinski definition) is 0. The van der Waals surface area contributed by atoms with Gasteiger partial charge in [-0.2, -0.15) is 0 Å². The van der Waals surface area contributed by atoms with Crippen molar-refractivity contribution in [3.63, 3.8) is 0 Å². The zero-order valence-electron chi connectivity index (χ0n) is 13.2. The van der Waals surface area contributed by atoms with E-state index >= 15 is 0 Å². The Morgan fingerprint density at radius 3 is 2.43 bits per heavy atom.